The van der Waals surface area contributed by atoms with Crippen molar-refractivity contribution in [3.05, 3.63) is 47.5 Å². The molecule has 2 heterocycles. The fraction of sp³-hybridized carbons (Fsp3) is 0.600. The summed E-state index contributed by atoms with van der Waals surface area (Å²) in [5.41, 5.74) is 1.41. The Morgan fingerprint density at radius 2 is 1.80 bits per heavy atom. The zero-order chi connectivity index (χ0) is 16.8. The number of rotatable bonds is 5. The van der Waals surface area contributed by atoms with Crippen LogP contribution in [0.1, 0.15) is 60.9 Å². The predicted molar refractivity (Wildman–Crippen MR) is 97.4 cm³/mol. The minimum Gasteiger partial charge on any atom is -0.311 e. The molecule has 1 aliphatic heterocycles. The largest absolute Gasteiger partial charge is 0.311 e. The summed E-state index contributed by atoms with van der Waals surface area (Å²) in [6.07, 6.45) is 5.20. The summed E-state index contributed by atoms with van der Waals surface area (Å²) in [6.45, 7) is 4.21. The second-order valence-corrected chi connectivity index (χ2v) is 8.01. The van der Waals surface area contributed by atoms with Gasteiger partial charge in [0, 0.05) is 37.6 Å². The molecule has 1 aromatic carbocycles. The van der Waals surface area contributed by atoms with E-state index in [1.165, 1.54) is 42.9 Å². The minimum atomic E-state index is 0.439. The highest BCUT2D eigenvalue weighted by Crippen LogP contribution is 2.45. The van der Waals surface area contributed by atoms with Gasteiger partial charge >= 0.3 is 0 Å². The van der Waals surface area contributed by atoms with Crippen LogP contribution in [0.5, 0.6) is 0 Å². The Balaban J connectivity index is 1.42. The van der Waals surface area contributed by atoms with Crippen LogP contribution in [0.4, 0.5) is 0 Å². The van der Waals surface area contributed by atoms with E-state index in [1.54, 1.807) is 0 Å². The van der Waals surface area contributed by atoms with Crippen molar-refractivity contribution in [1.29, 1.82) is 0 Å². The summed E-state index contributed by atoms with van der Waals surface area (Å²) >= 11 is 0. The van der Waals surface area contributed by atoms with Crippen molar-refractivity contribution in [2.24, 2.45) is 0 Å². The Hall–Kier alpha value is -1.72. The third-order valence-corrected chi connectivity index (χ3v) is 5.87. The number of benzene rings is 1. The molecule has 0 bridgehead atoms. The average Bonchev–Trinajstić information content (AvgIpc) is 3.56. The van der Waals surface area contributed by atoms with E-state index < -0.39 is 0 Å². The molecular formula is C20H27N5. The second kappa shape index (κ2) is 6.22. The van der Waals surface area contributed by atoms with E-state index in [-0.39, 0.29) is 0 Å². The quantitative estimate of drug-likeness (QED) is 0.840. The van der Waals surface area contributed by atoms with E-state index >= 15 is 0 Å². The van der Waals surface area contributed by atoms with Gasteiger partial charge in [-0.15, -0.1) is 10.2 Å². The van der Waals surface area contributed by atoms with Crippen molar-refractivity contribution in [3.8, 4) is 0 Å². The van der Waals surface area contributed by atoms with Crippen LogP contribution in [0, 0.1) is 0 Å². The average molecular weight is 337 g/mol. The molecule has 5 heteroatoms. The van der Waals surface area contributed by atoms with Crippen molar-refractivity contribution in [2.75, 3.05) is 26.7 Å². The van der Waals surface area contributed by atoms with Gasteiger partial charge in [-0.05, 0) is 38.3 Å². The summed E-state index contributed by atoms with van der Waals surface area (Å²) in [5, 5.41) is 9.23. The lowest BCUT2D eigenvalue weighted by atomic mass is 10.0. The van der Waals surface area contributed by atoms with Crippen molar-refractivity contribution >= 4 is 0 Å². The third-order valence-electron chi connectivity index (χ3n) is 5.87. The lowest BCUT2D eigenvalue weighted by Crippen LogP contribution is -2.46. The van der Waals surface area contributed by atoms with Gasteiger partial charge in [0.2, 0.25) is 0 Å². The highest BCUT2D eigenvalue weighted by molar-refractivity contribution is 5.20. The smallest absolute Gasteiger partial charge is 0.147 e. The maximum Gasteiger partial charge on any atom is 0.147 e. The summed E-state index contributed by atoms with van der Waals surface area (Å²) < 4.78 is 2.50. The highest BCUT2D eigenvalue weighted by atomic mass is 15.3. The molecule has 5 nitrogen and oxygen atoms in total. The fourth-order valence-electron chi connectivity index (χ4n) is 4.12. The molecule has 1 atom stereocenters. The number of piperazine rings is 1. The van der Waals surface area contributed by atoms with Gasteiger partial charge in [0.05, 0.1) is 6.54 Å². The van der Waals surface area contributed by atoms with Crippen molar-refractivity contribution in [1.82, 2.24) is 24.6 Å². The standard InChI is InChI=1S/C20H27N5/c1-23-11-12-24(18(13-23)15-5-3-2-4-6-15)14-19-21-22-20(16-7-8-16)25(19)17-9-10-17/h2-6,16-18H,7-14H2,1H3/t18-/m1/s1. The van der Waals surface area contributed by atoms with Crippen LogP contribution >= 0.6 is 0 Å². The molecule has 2 aromatic rings. The van der Waals surface area contributed by atoms with E-state index in [0.29, 0.717) is 18.0 Å². The molecule has 0 amide bonds. The number of hydrogen-bond acceptors (Lipinski definition) is 4. The molecule has 132 valence electrons. The molecule has 5 rings (SSSR count). The number of hydrogen-bond donors (Lipinski definition) is 0. The summed E-state index contributed by atoms with van der Waals surface area (Å²) in [5.74, 6) is 3.14. The maximum atomic E-state index is 4.64. The lowest BCUT2D eigenvalue weighted by molar-refractivity contribution is 0.0799. The van der Waals surface area contributed by atoms with Gasteiger partial charge in [-0.2, -0.15) is 0 Å². The molecule has 0 unspecified atom stereocenters. The third kappa shape index (κ3) is 3.11. The van der Waals surface area contributed by atoms with Crippen molar-refractivity contribution in [2.45, 2.75) is 50.2 Å². The molecular weight excluding hydrogens is 310 g/mol. The first-order valence-electron chi connectivity index (χ1n) is 9.71. The lowest BCUT2D eigenvalue weighted by Gasteiger charge is -2.40. The normalized spacial score (nSPS) is 25.4. The monoisotopic (exact) mass is 337 g/mol. The van der Waals surface area contributed by atoms with Crippen LogP contribution in [-0.2, 0) is 6.54 Å². The molecule has 3 fully saturated rings. The molecule has 25 heavy (non-hydrogen) atoms. The molecule has 3 aliphatic rings. The van der Waals surface area contributed by atoms with Crippen LogP contribution in [0.15, 0.2) is 30.3 Å². The summed E-state index contributed by atoms with van der Waals surface area (Å²) in [6, 6.07) is 12.0. The molecule has 2 aliphatic carbocycles. The Labute approximate surface area is 149 Å². The second-order valence-electron chi connectivity index (χ2n) is 8.01. The van der Waals surface area contributed by atoms with Crippen LogP contribution in [-0.4, -0.2) is 51.2 Å². The fourth-order valence-corrected chi connectivity index (χ4v) is 4.12. The molecule has 0 spiro atoms. The van der Waals surface area contributed by atoms with Gasteiger partial charge in [-0.3, -0.25) is 4.90 Å². The first-order valence-corrected chi connectivity index (χ1v) is 9.71. The van der Waals surface area contributed by atoms with Gasteiger partial charge in [-0.1, -0.05) is 30.3 Å². The summed E-state index contributed by atoms with van der Waals surface area (Å²) in [7, 11) is 2.23. The van der Waals surface area contributed by atoms with Gasteiger partial charge in [0.25, 0.3) is 0 Å². The van der Waals surface area contributed by atoms with Gasteiger partial charge in [-0.25, -0.2) is 0 Å². The van der Waals surface area contributed by atoms with Gasteiger partial charge in [0.15, 0.2) is 0 Å². The van der Waals surface area contributed by atoms with E-state index in [9.17, 15) is 0 Å². The zero-order valence-corrected chi connectivity index (χ0v) is 15.0. The predicted octanol–water partition coefficient (Wildman–Crippen LogP) is 2.98. The number of aromatic nitrogens is 3. The minimum absolute atomic E-state index is 0.439. The van der Waals surface area contributed by atoms with Gasteiger partial charge < -0.3 is 9.47 Å². The maximum absolute atomic E-state index is 4.64. The first kappa shape index (κ1) is 15.5. The van der Waals surface area contributed by atoms with E-state index in [4.69, 9.17) is 0 Å². The summed E-state index contributed by atoms with van der Waals surface area (Å²) in [4.78, 5) is 5.05. The van der Waals surface area contributed by atoms with E-state index in [2.05, 4.69) is 61.9 Å². The number of nitrogens with zero attached hydrogens (tertiary/aromatic N) is 5. The van der Waals surface area contributed by atoms with E-state index in [1.807, 2.05) is 0 Å². The molecule has 0 radical (unpaired) electrons. The van der Waals surface area contributed by atoms with Crippen LogP contribution in [0.3, 0.4) is 0 Å². The van der Waals surface area contributed by atoms with Crippen LogP contribution < -0.4 is 0 Å². The van der Waals surface area contributed by atoms with Crippen molar-refractivity contribution < 1.29 is 0 Å². The Morgan fingerprint density at radius 3 is 2.52 bits per heavy atom. The zero-order valence-electron chi connectivity index (χ0n) is 15.0. The molecule has 2 saturated carbocycles. The Bertz CT molecular complexity index is 732. The van der Waals surface area contributed by atoms with E-state index in [0.717, 1.165) is 26.2 Å². The van der Waals surface area contributed by atoms with Crippen LogP contribution in [0.2, 0.25) is 0 Å². The SMILES string of the molecule is CN1CCN(Cc2nnc(C3CC3)n2C2CC2)[C@@H](c2ccccc2)C1. The number of likely N-dealkylation sites (N-methyl/N-ethyl adjacent to an activating group) is 1. The topological polar surface area (TPSA) is 37.2 Å². The van der Waals surface area contributed by atoms with Crippen molar-refractivity contribution in [3.63, 3.8) is 0 Å². The Kier molecular flexibility index (Phi) is 3.86. The molecule has 0 N–H and O–H groups in total. The molecule has 1 aromatic heterocycles. The highest BCUT2D eigenvalue weighted by Gasteiger charge is 2.37. The van der Waals surface area contributed by atoms with Crippen LogP contribution in [0.25, 0.3) is 0 Å². The van der Waals surface area contributed by atoms with Gasteiger partial charge in [0.1, 0.15) is 11.6 Å². The Morgan fingerprint density at radius 1 is 1.00 bits per heavy atom. The first-order chi connectivity index (χ1) is 12.3. The molecule has 1 saturated heterocycles.